The van der Waals surface area contributed by atoms with Gasteiger partial charge in [0.25, 0.3) is 0 Å². The molecule has 20 heavy (non-hydrogen) atoms. The van der Waals surface area contributed by atoms with E-state index in [1.165, 1.54) is 11.1 Å². The lowest BCUT2D eigenvalue weighted by atomic mass is 10.3. The van der Waals surface area contributed by atoms with E-state index in [1.54, 1.807) is 18.4 Å². The maximum absolute atomic E-state index is 11.0. The Labute approximate surface area is 120 Å². The van der Waals surface area contributed by atoms with Crippen LogP contribution in [0.1, 0.15) is 16.7 Å². The zero-order valence-electron chi connectivity index (χ0n) is 11.2. The molecule has 106 valence electrons. The summed E-state index contributed by atoms with van der Waals surface area (Å²) in [6, 6.07) is 4.08. The van der Waals surface area contributed by atoms with Gasteiger partial charge in [0.2, 0.25) is 11.8 Å². The fourth-order valence-electron chi connectivity index (χ4n) is 1.64. The van der Waals surface area contributed by atoms with Gasteiger partial charge < -0.3 is 10.6 Å². The fourth-order valence-corrected chi connectivity index (χ4v) is 2.54. The Morgan fingerprint density at radius 1 is 1.40 bits per heavy atom. The van der Waals surface area contributed by atoms with E-state index in [-0.39, 0.29) is 11.5 Å². The molecular formula is C12H15N5O2S. The summed E-state index contributed by atoms with van der Waals surface area (Å²) in [5.41, 5.74) is -0.128. The summed E-state index contributed by atoms with van der Waals surface area (Å²) in [6.45, 7) is 2.60. The van der Waals surface area contributed by atoms with Crippen molar-refractivity contribution in [1.29, 1.82) is 0 Å². The van der Waals surface area contributed by atoms with Crippen molar-refractivity contribution in [3.8, 4) is 0 Å². The monoisotopic (exact) mass is 293 g/mol. The molecule has 2 aromatic heterocycles. The van der Waals surface area contributed by atoms with Gasteiger partial charge in [0.15, 0.2) is 0 Å². The smallest absolute Gasteiger partial charge is 0.329 e. The molecule has 0 aliphatic carbocycles. The van der Waals surface area contributed by atoms with Crippen molar-refractivity contribution >= 4 is 28.8 Å². The highest BCUT2D eigenvalue weighted by Gasteiger charge is 2.16. The van der Waals surface area contributed by atoms with Crippen LogP contribution in [-0.4, -0.2) is 21.9 Å². The summed E-state index contributed by atoms with van der Waals surface area (Å²) >= 11 is 1.68. The molecule has 0 spiro atoms. The number of nitro groups is 1. The molecule has 0 aromatic carbocycles. The van der Waals surface area contributed by atoms with Gasteiger partial charge in [0.1, 0.15) is 6.20 Å². The number of nitrogens with one attached hydrogen (secondary N) is 2. The van der Waals surface area contributed by atoms with Crippen LogP contribution in [-0.2, 0) is 13.0 Å². The Morgan fingerprint density at radius 2 is 2.15 bits per heavy atom. The Kier molecular flexibility index (Phi) is 4.46. The molecule has 0 atom stereocenters. The third kappa shape index (κ3) is 3.21. The molecule has 2 rings (SSSR count). The van der Waals surface area contributed by atoms with Crippen LogP contribution in [0.15, 0.2) is 18.3 Å². The van der Waals surface area contributed by atoms with Crippen LogP contribution in [0.25, 0.3) is 0 Å². The first-order chi connectivity index (χ1) is 9.63. The number of aryl methyl sites for hydroxylation is 1. The highest BCUT2D eigenvalue weighted by atomic mass is 32.1. The normalized spacial score (nSPS) is 10.3. The van der Waals surface area contributed by atoms with Gasteiger partial charge in [-0.3, -0.25) is 10.1 Å². The van der Waals surface area contributed by atoms with Crippen LogP contribution in [0.5, 0.6) is 0 Å². The van der Waals surface area contributed by atoms with E-state index in [9.17, 15) is 10.1 Å². The van der Waals surface area contributed by atoms with Crippen molar-refractivity contribution in [2.75, 3.05) is 17.7 Å². The molecule has 7 nitrogen and oxygen atoms in total. The number of rotatable bonds is 6. The van der Waals surface area contributed by atoms with Crippen LogP contribution >= 0.6 is 11.3 Å². The van der Waals surface area contributed by atoms with Gasteiger partial charge in [-0.15, -0.1) is 11.3 Å². The average Bonchev–Trinajstić information content (AvgIpc) is 2.92. The third-order valence-electron chi connectivity index (χ3n) is 2.69. The van der Waals surface area contributed by atoms with E-state index in [1.807, 2.05) is 6.07 Å². The highest BCUT2D eigenvalue weighted by Crippen LogP contribution is 2.24. The summed E-state index contributed by atoms with van der Waals surface area (Å²) in [5.74, 6) is 0.569. The molecule has 0 unspecified atom stereocenters. The lowest BCUT2D eigenvalue weighted by Gasteiger charge is -2.06. The zero-order valence-corrected chi connectivity index (χ0v) is 12.0. The van der Waals surface area contributed by atoms with Gasteiger partial charge in [0, 0.05) is 16.8 Å². The van der Waals surface area contributed by atoms with Crippen molar-refractivity contribution < 1.29 is 4.92 Å². The number of aromatic nitrogens is 2. The van der Waals surface area contributed by atoms with E-state index in [0.29, 0.717) is 12.5 Å². The summed E-state index contributed by atoms with van der Waals surface area (Å²) in [4.78, 5) is 20.8. The van der Waals surface area contributed by atoms with Crippen LogP contribution < -0.4 is 10.6 Å². The highest BCUT2D eigenvalue weighted by molar-refractivity contribution is 7.12. The molecule has 0 aliphatic heterocycles. The predicted octanol–water partition coefficient (Wildman–Crippen LogP) is 2.66. The first-order valence-corrected chi connectivity index (χ1v) is 6.96. The second-order valence-corrected chi connectivity index (χ2v) is 5.26. The van der Waals surface area contributed by atoms with Crippen LogP contribution in [0.3, 0.4) is 0 Å². The molecule has 0 amide bonds. The largest absolute Gasteiger partial charge is 0.359 e. The molecule has 0 fully saturated rings. The van der Waals surface area contributed by atoms with Crippen molar-refractivity contribution in [3.05, 3.63) is 38.2 Å². The topological polar surface area (TPSA) is 93.0 Å². The lowest BCUT2D eigenvalue weighted by Crippen LogP contribution is -2.07. The minimum absolute atomic E-state index is 0.128. The van der Waals surface area contributed by atoms with Gasteiger partial charge in [-0.25, -0.2) is 4.98 Å². The number of hydrogen-bond donors (Lipinski definition) is 2. The first-order valence-electron chi connectivity index (χ1n) is 6.14. The van der Waals surface area contributed by atoms with Gasteiger partial charge in [-0.05, 0) is 18.6 Å². The second kappa shape index (κ2) is 6.29. The Balaban J connectivity index is 2.16. The van der Waals surface area contributed by atoms with E-state index >= 15 is 0 Å². The fraction of sp³-hybridized carbons (Fsp3) is 0.333. The first kappa shape index (κ1) is 14.2. The van der Waals surface area contributed by atoms with E-state index in [0.717, 1.165) is 11.3 Å². The third-order valence-corrected chi connectivity index (χ3v) is 3.92. The quantitative estimate of drug-likeness (QED) is 0.628. The molecule has 2 aromatic rings. The van der Waals surface area contributed by atoms with Crippen molar-refractivity contribution in [1.82, 2.24) is 9.97 Å². The van der Waals surface area contributed by atoms with Gasteiger partial charge in [-0.2, -0.15) is 4.98 Å². The Hall–Kier alpha value is -2.22. The number of thiophene rings is 1. The molecule has 8 heteroatoms. The summed E-state index contributed by atoms with van der Waals surface area (Å²) in [6.07, 6.45) is 2.19. The van der Waals surface area contributed by atoms with Crippen LogP contribution in [0.2, 0.25) is 0 Å². The van der Waals surface area contributed by atoms with Crippen LogP contribution in [0.4, 0.5) is 17.5 Å². The van der Waals surface area contributed by atoms with Crippen LogP contribution in [0, 0.1) is 10.1 Å². The standard InChI is InChI=1S/C12H15N5O2S/c1-3-8-4-5-9(20-8)6-14-11-10(17(18)19)7-15-12(13-2)16-11/h4-5,7H,3,6H2,1-2H3,(H2,13,14,15,16). The Morgan fingerprint density at radius 3 is 2.75 bits per heavy atom. The SMILES string of the molecule is CCc1ccc(CNc2nc(NC)ncc2[N+](=O)[O-])s1. The van der Waals surface area contributed by atoms with E-state index in [2.05, 4.69) is 33.6 Å². The molecular weight excluding hydrogens is 278 g/mol. The molecule has 0 bridgehead atoms. The summed E-state index contributed by atoms with van der Waals surface area (Å²) in [5, 5.41) is 16.7. The number of nitrogens with zero attached hydrogens (tertiary/aromatic N) is 3. The second-order valence-electron chi connectivity index (χ2n) is 4.01. The predicted molar refractivity (Wildman–Crippen MR) is 79.3 cm³/mol. The van der Waals surface area contributed by atoms with Gasteiger partial charge in [0.05, 0.1) is 11.5 Å². The van der Waals surface area contributed by atoms with E-state index < -0.39 is 4.92 Å². The Bertz CT molecular complexity index is 614. The van der Waals surface area contributed by atoms with Gasteiger partial charge in [-0.1, -0.05) is 6.92 Å². The minimum Gasteiger partial charge on any atom is -0.359 e. The van der Waals surface area contributed by atoms with Gasteiger partial charge >= 0.3 is 5.69 Å². The van der Waals surface area contributed by atoms with E-state index in [4.69, 9.17) is 0 Å². The van der Waals surface area contributed by atoms with Crippen molar-refractivity contribution in [2.45, 2.75) is 19.9 Å². The lowest BCUT2D eigenvalue weighted by molar-refractivity contribution is -0.384. The number of anilines is 2. The molecule has 0 saturated heterocycles. The maximum atomic E-state index is 11.0. The van der Waals surface area contributed by atoms with Crippen molar-refractivity contribution in [3.63, 3.8) is 0 Å². The molecule has 0 aliphatic rings. The zero-order chi connectivity index (χ0) is 14.5. The maximum Gasteiger partial charge on any atom is 0.329 e. The van der Waals surface area contributed by atoms with Crippen molar-refractivity contribution in [2.24, 2.45) is 0 Å². The summed E-state index contributed by atoms with van der Waals surface area (Å²) in [7, 11) is 1.66. The number of hydrogen-bond acceptors (Lipinski definition) is 7. The molecule has 0 radical (unpaired) electrons. The molecule has 0 saturated carbocycles. The molecule has 2 N–H and O–H groups in total. The summed E-state index contributed by atoms with van der Waals surface area (Å²) < 4.78 is 0. The minimum atomic E-state index is -0.492. The average molecular weight is 293 g/mol. The molecule has 2 heterocycles.